The molecule has 0 aliphatic rings. The van der Waals surface area contributed by atoms with E-state index in [1.807, 2.05) is 57.2 Å². The van der Waals surface area contributed by atoms with Crippen LogP contribution in [-0.2, 0) is 10.0 Å². The van der Waals surface area contributed by atoms with Gasteiger partial charge in [0, 0.05) is 11.1 Å². The van der Waals surface area contributed by atoms with E-state index in [0.29, 0.717) is 21.4 Å². The predicted octanol–water partition coefficient (Wildman–Crippen LogP) is 5.49. The van der Waals surface area contributed by atoms with Gasteiger partial charge in [0.2, 0.25) is 5.13 Å². The van der Waals surface area contributed by atoms with Gasteiger partial charge in [0.15, 0.2) is 0 Å². The Kier molecular flexibility index (Phi) is 6.49. The second kappa shape index (κ2) is 9.36. The first-order valence-corrected chi connectivity index (χ1v) is 12.8. The molecule has 0 radical (unpaired) electrons. The Morgan fingerprint density at radius 2 is 1.53 bits per heavy atom. The van der Waals surface area contributed by atoms with Gasteiger partial charge in [-0.2, -0.15) is 0 Å². The molecule has 4 rings (SSSR count). The summed E-state index contributed by atoms with van der Waals surface area (Å²) in [6, 6.07) is 17.9. The lowest BCUT2D eigenvalue weighted by Crippen LogP contribution is -2.17. The van der Waals surface area contributed by atoms with Gasteiger partial charge in [-0.05, 0) is 57.0 Å². The van der Waals surface area contributed by atoms with Crippen molar-refractivity contribution >= 4 is 38.1 Å². The van der Waals surface area contributed by atoms with Gasteiger partial charge in [-0.25, -0.2) is 8.42 Å². The van der Waals surface area contributed by atoms with Gasteiger partial charge >= 0.3 is 0 Å². The molecule has 1 amide bonds. The Morgan fingerprint density at radius 3 is 2.24 bits per heavy atom. The SMILES string of the molecule is Cc1ccc(-c2nnc(NC(=O)c3ccc(C)c(S(=O)(=O)Nc4ccc(C)cc4C)c3)s2)cc1. The Balaban J connectivity index is 1.55. The van der Waals surface area contributed by atoms with Gasteiger partial charge in [-0.1, -0.05) is 64.9 Å². The number of nitrogens with one attached hydrogen (secondary N) is 2. The number of sulfonamides is 1. The van der Waals surface area contributed by atoms with E-state index in [-0.39, 0.29) is 10.5 Å². The van der Waals surface area contributed by atoms with Crippen molar-refractivity contribution in [1.29, 1.82) is 0 Å². The van der Waals surface area contributed by atoms with Crippen LogP contribution in [0.5, 0.6) is 0 Å². The number of hydrogen-bond donors (Lipinski definition) is 2. The molecule has 0 aliphatic carbocycles. The zero-order valence-electron chi connectivity index (χ0n) is 19.2. The molecule has 0 bridgehead atoms. The molecule has 1 heterocycles. The Morgan fingerprint density at radius 1 is 0.824 bits per heavy atom. The monoisotopic (exact) mass is 492 g/mol. The van der Waals surface area contributed by atoms with E-state index in [4.69, 9.17) is 0 Å². The summed E-state index contributed by atoms with van der Waals surface area (Å²) in [6.07, 6.45) is 0. The number of aryl methyl sites for hydroxylation is 4. The minimum Gasteiger partial charge on any atom is -0.296 e. The van der Waals surface area contributed by atoms with Crippen molar-refractivity contribution in [1.82, 2.24) is 10.2 Å². The molecule has 0 aliphatic heterocycles. The van der Waals surface area contributed by atoms with Crippen LogP contribution in [0.2, 0.25) is 0 Å². The lowest BCUT2D eigenvalue weighted by Gasteiger charge is -2.14. The molecule has 3 aromatic carbocycles. The number of carbonyl (C=O) groups is 1. The molecule has 174 valence electrons. The number of amides is 1. The van der Waals surface area contributed by atoms with Crippen LogP contribution in [0.1, 0.15) is 32.6 Å². The molecule has 0 spiro atoms. The van der Waals surface area contributed by atoms with Crippen molar-refractivity contribution < 1.29 is 13.2 Å². The van der Waals surface area contributed by atoms with Crippen molar-refractivity contribution in [3.05, 3.63) is 88.5 Å². The van der Waals surface area contributed by atoms with E-state index in [9.17, 15) is 13.2 Å². The van der Waals surface area contributed by atoms with Crippen LogP contribution < -0.4 is 10.0 Å². The van der Waals surface area contributed by atoms with Gasteiger partial charge in [-0.3, -0.25) is 14.8 Å². The number of hydrogen-bond acceptors (Lipinski definition) is 6. The third-order valence-electron chi connectivity index (χ3n) is 5.31. The molecule has 0 unspecified atom stereocenters. The number of nitrogens with zero attached hydrogens (tertiary/aromatic N) is 2. The Labute approximate surface area is 202 Å². The highest BCUT2D eigenvalue weighted by Gasteiger charge is 2.21. The second-order valence-corrected chi connectivity index (χ2v) is 10.8. The molecule has 7 nitrogen and oxygen atoms in total. The summed E-state index contributed by atoms with van der Waals surface area (Å²) in [5.41, 5.74) is 5.14. The molecule has 4 aromatic rings. The van der Waals surface area contributed by atoms with Crippen LogP contribution in [0.25, 0.3) is 10.6 Å². The number of rotatable bonds is 6. The maximum atomic E-state index is 13.1. The highest BCUT2D eigenvalue weighted by atomic mass is 32.2. The van der Waals surface area contributed by atoms with Gasteiger partial charge < -0.3 is 0 Å². The third kappa shape index (κ3) is 5.16. The van der Waals surface area contributed by atoms with Gasteiger partial charge in [0.1, 0.15) is 5.01 Å². The first-order chi connectivity index (χ1) is 16.1. The predicted molar refractivity (Wildman–Crippen MR) is 136 cm³/mol. The first kappa shape index (κ1) is 23.6. The summed E-state index contributed by atoms with van der Waals surface area (Å²) < 4.78 is 28.9. The lowest BCUT2D eigenvalue weighted by molar-refractivity contribution is 0.102. The first-order valence-electron chi connectivity index (χ1n) is 10.5. The van der Waals surface area contributed by atoms with E-state index in [1.165, 1.54) is 17.4 Å². The number of anilines is 2. The van der Waals surface area contributed by atoms with E-state index in [1.54, 1.807) is 25.1 Å². The zero-order chi connectivity index (χ0) is 24.5. The molecular formula is C25H24N4O3S2. The summed E-state index contributed by atoms with van der Waals surface area (Å²) >= 11 is 1.25. The zero-order valence-corrected chi connectivity index (χ0v) is 20.8. The molecule has 2 N–H and O–H groups in total. The average molecular weight is 493 g/mol. The van der Waals surface area contributed by atoms with E-state index >= 15 is 0 Å². The quantitative estimate of drug-likeness (QED) is 0.371. The summed E-state index contributed by atoms with van der Waals surface area (Å²) in [4.78, 5) is 12.9. The highest BCUT2D eigenvalue weighted by molar-refractivity contribution is 7.92. The number of carbonyl (C=O) groups excluding carboxylic acids is 1. The minimum atomic E-state index is -3.90. The molecule has 34 heavy (non-hydrogen) atoms. The van der Waals surface area contributed by atoms with Crippen molar-refractivity contribution in [2.75, 3.05) is 10.0 Å². The summed E-state index contributed by atoms with van der Waals surface area (Å²) in [5.74, 6) is -0.463. The molecule has 9 heteroatoms. The van der Waals surface area contributed by atoms with E-state index in [0.717, 1.165) is 22.3 Å². The lowest BCUT2D eigenvalue weighted by atomic mass is 10.1. The van der Waals surface area contributed by atoms with Crippen molar-refractivity contribution in [2.45, 2.75) is 32.6 Å². The fourth-order valence-electron chi connectivity index (χ4n) is 3.41. The van der Waals surface area contributed by atoms with Crippen molar-refractivity contribution in [3.63, 3.8) is 0 Å². The van der Waals surface area contributed by atoms with E-state index in [2.05, 4.69) is 20.2 Å². The molecular weight excluding hydrogens is 468 g/mol. The van der Waals surface area contributed by atoms with Gasteiger partial charge in [0.05, 0.1) is 10.6 Å². The topological polar surface area (TPSA) is 101 Å². The standard InChI is InChI=1S/C25H24N4O3S2/c1-15-5-9-19(10-6-15)24-27-28-25(33-24)26-23(30)20-11-8-17(3)22(14-20)34(31,32)29-21-12-7-16(2)13-18(21)4/h5-14,29H,1-4H3,(H,26,28,30). The second-order valence-electron chi connectivity index (χ2n) is 8.14. The normalized spacial score (nSPS) is 11.3. The summed E-state index contributed by atoms with van der Waals surface area (Å²) in [6.45, 7) is 7.48. The van der Waals surface area contributed by atoms with Gasteiger partial charge in [0.25, 0.3) is 15.9 Å². The van der Waals surface area contributed by atoms with Crippen LogP contribution in [0.3, 0.4) is 0 Å². The smallest absolute Gasteiger partial charge is 0.262 e. The van der Waals surface area contributed by atoms with Crippen LogP contribution >= 0.6 is 11.3 Å². The van der Waals surface area contributed by atoms with Crippen molar-refractivity contribution in [3.8, 4) is 10.6 Å². The van der Waals surface area contributed by atoms with Crippen LogP contribution in [0.15, 0.2) is 65.6 Å². The average Bonchev–Trinajstić information content (AvgIpc) is 3.24. The van der Waals surface area contributed by atoms with Crippen molar-refractivity contribution in [2.24, 2.45) is 0 Å². The summed E-state index contributed by atoms with van der Waals surface area (Å²) in [7, 11) is -3.90. The maximum absolute atomic E-state index is 13.1. The van der Waals surface area contributed by atoms with E-state index < -0.39 is 15.9 Å². The Hall–Kier alpha value is -3.56. The molecule has 0 saturated heterocycles. The maximum Gasteiger partial charge on any atom is 0.262 e. The fourth-order valence-corrected chi connectivity index (χ4v) is 5.56. The Bertz CT molecular complexity index is 1480. The molecule has 0 saturated carbocycles. The number of benzene rings is 3. The third-order valence-corrected chi connectivity index (χ3v) is 7.71. The van der Waals surface area contributed by atoms with Crippen LogP contribution in [0.4, 0.5) is 10.8 Å². The molecule has 0 atom stereocenters. The largest absolute Gasteiger partial charge is 0.296 e. The van der Waals surface area contributed by atoms with Crippen LogP contribution in [0, 0.1) is 27.7 Å². The summed E-state index contributed by atoms with van der Waals surface area (Å²) in [5, 5.41) is 11.9. The van der Waals surface area contributed by atoms with Crippen LogP contribution in [-0.4, -0.2) is 24.5 Å². The number of aromatic nitrogens is 2. The minimum absolute atomic E-state index is 0.0396. The fraction of sp³-hybridized carbons (Fsp3) is 0.160. The molecule has 1 aromatic heterocycles. The molecule has 0 fully saturated rings. The highest BCUT2D eigenvalue weighted by Crippen LogP contribution is 2.28. The van der Waals surface area contributed by atoms with Gasteiger partial charge in [-0.15, -0.1) is 10.2 Å².